The predicted octanol–water partition coefficient (Wildman–Crippen LogP) is 3.06. The number of hydrogen-bond acceptors (Lipinski definition) is 5. The number of ether oxygens (including phenoxy) is 1. The first-order valence-corrected chi connectivity index (χ1v) is 7.49. The van der Waals surface area contributed by atoms with E-state index in [1.165, 1.54) is 18.2 Å². The molecule has 3 N–H and O–H groups in total. The lowest BCUT2D eigenvalue weighted by atomic mass is 10.2. The molecule has 10 heteroatoms. The first kappa shape index (κ1) is 18.6. The Labute approximate surface area is 142 Å². The van der Waals surface area contributed by atoms with Gasteiger partial charge in [0.1, 0.15) is 0 Å². The van der Waals surface area contributed by atoms with Gasteiger partial charge in [-0.2, -0.15) is 4.98 Å². The highest BCUT2D eigenvalue weighted by atomic mass is 19.4. The van der Waals surface area contributed by atoms with E-state index in [-0.39, 0.29) is 24.1 Å². The van der Waals surface area contributed by atoms with E-state index in [1.807, 2.05) is 13.8 Å². The van der Waals surface area contributed by atoms with Crippen LogP contribution in [0.1, 0.15) is 31.5 Å². The Morgan fingerprint density at radius 2 is 2.08 bits per heavy atom. The molecule has 0 saturated heterocycles. The standard InChI is InChI=1S/C15H18F3N5O2/c1-9(2)13-22-12(25-23-13)7-8-20-14(19)21-10-5-3-4-6-11(10)24-15(16,17)18/h3-6,9H,7-8H2,1-2H3,(H3,19,20,21). The number of guanidine groups is 1. The highest BCUT2D eigenvalue weighted by Crippen LogP contribution is 2.29. The molecular weight excluding hydrogens is 339 g/mol. The van der Waals surface area contributed by atoms with Gasteiger partial charge in [-0.15, -0.1) is 13.2 Å². The van der Waals surface area contributed by atoms with E-state index < -0.39 is 12.1 Å². The largest absolute Gasteiger partial charge is 0.573 e. The van der Waals surface area contributed by atoms with E-state index in [1.54, 1.807) is 6.07 Å². The van der Waals surface area contributed by atoms with Crippen LogP contribution in [0.5, 0.6) is 5.75 Å². The molecule has 0 fully saturated rings. The van der Waals surface area contributed by atoms with E-state index in [0.717, 1.165) is 0 Å². The summed E-state index contributed by atoms with van der Waals surface area (Å²) in [5, 5.41) is 6.40. The molecule has 0 saturated carbocycles. The number of halogens is 3. The van der Waals surface area contributed by atoms with Crippen LogP contribution in [-0.2, 0) is 6.42 Å². The Kier molecular flexibility index (Phi) is 5.84. The zero-order valence-corrected chi connectivity index (χ0v) is 13.7. The highest BCUT2D eigenvalue weighted by Gasteiger charge is 2.32. The number of aromatic nitrogens is 2. The fourth-order valence-corrected chi connectivity index (χ4v) is 1.84. The van der Waals surface area contributed by atoms with Crippen LogP contribution in [-0.4, -0.2) is 29.0 Å². The summed E-state index contributed by atoms with van der Waals surface area (Å²) in [6.07, 6.45) is -4.43. The summed E-state index contributed by atoms with van der Waals surface area (Å²) < 4.78 is 46.1. The molecule has 0 atom stereocenters. The molecule has 0 aliphatic rings. The second-order valence-electron chi connectivity index (χ2n) is 5.39. The minimum absolute atomic E-state index is 0.0539. The lowest BCUT2D eigenvalue weighted by Gasteiger charge is -2.14. The molecule has 0 unspecified atom stereocenters. The van der Waals surface area contributed by atoms with Gasteiger partial charge in [0.25, 0.3) is 0 Å². The molecule has 0 amide bonds. The Bertz CT molecular complexity index is 728. The number of nitrogens with two attached hydrogens (primary N) is 1. The van der Waals surface area contributed by atoms with Gasteiger partial charge in [-0.05, 0) is 12.1 Å². The van der Waals surface area contributed by atoms with Gasteiger partial charge in [-0.25, -0.2) is 0 Å². The number of rotatable bonds is 6. The summed E-state index contributed by atoms with van der Waals surface area (Å²) >= 11 is 0. The second kappa shape index (κ2) is 7.86. The average Bonchev–Trinajstić information content (AvgIpc) is 2.97. The van der Waals surface area contributed by atoms with Crippen LogP contribution in [0, 0.1) is 0 Å². The van der Waals surface area contributed by atoms with Crippen molar-refractivity contribution in [1.82, 2.24) is 10.1 Å². The molecule has 0 spiro atoms. The smallest absolute Gasteiger partial charge is 0.404 e. The molecule has 0 radical (unpaired) electrons. The zero-order chi connectivity index (χ0) is 18.4. The van der Waals surface area contributed by atoms with Gasteiger partial charge in [0.15, 0.2) is 17.5 Å². The topological polar surface area (TPSA) is 98.6 Å². The van der Waals surface area contributed by atoms with Crippen LogP contribution in [0.3, 0.4) is 0 Å². The third-order valence-electron chi connectivity index (χ3n) is 2.98. The predicted molar refractivity (Wildman–Crippen MR) is 85.3 cm³/mol. The van der Waals surface area contributed by atoms with Crippen molar-refractivity contribution in [2.45, 2.75) is 32.5 Å². The zero-order valence-electron chi connectivity index (χ0n) is 13.7. The van der Waals surface area contributed by atoms with Crippen molar-refractivity contribution in [1.29, 1.82) is 0 Å². The number of hydrogen-bond donors (Lipinski definition) is 2. The number of anilines is 1. The van der Waals surface area contributed by atoms with E-state index in [4.69, 9.17) is 10.3 Å². The number of para-hydroxylation sites is 2. The van der Waals surface area contributed by atoms with E-state index in [2.05, 4.69) is 25.2 Å². The molecule has 0 aliphatic heterocycles. The first-order chi connectivity index (χ1) is 11.7. The molecule has 7 nitrogen and oxygen atoms in total. The van der Waals surface area contributed by atoms with Gasteiger partial charge >= 0.3 is 6.36 Å². The van der Waals surface area contributed by atoms with Crippen molar-refractivity contribution < 1.29 is 22.4 Å². The lowest BCUT2D eigenvalue weighted by Crippen LogP contribution is -2.24. The fourth-order valence-electron chi connectivity index (χ4n) is 1.84. The number of benzene rings is 1. The number of nitrogens with zero attached hydrogens (tertiary/aromatic N) is 3. The molecule has 1 heterocycles. The van der Waals surface area contributed by atoms with Gasteiger partial charge in [0.2, 0.25) is 5.89 Å². The maximum absolute atomic E-state index is 12.4. The van der Waals surface area contributed by atoms with Crippen LogP contribution in [0.15, 0.2) is 33.8 Å². The normalized spacial score (nSPS) is 12.5. The molecule has 2 rings (SSSR count). The van der Waals surface area contributed by atoms with Gasteiger partial charge in [-0.3, -0.25) is 4.99 Å². The van der Waals surface area contributed by atoms with Gasteiger partial charge in [0, 0.05) is 12.3 Å². The minimum Gasteiger partial charge on any atom is -0.404 e. The van der Waals surface area contributed by atoms with Gasteiger partial charge < -0.3 is 20.3 Å². The van der Waals surface area contributed by atoms with Crippen molar-refractivity contribution in [2.75, 3.05) is 11.9 Å². The van der Waals surface area contributed by atoms with E-state index in [0.29, 0.717) is 18.1 Å². The maximum Gasteiger partial charge on any atom is 0.573 e. The number of aliphatic imine (C=N–C) groups is 1. The maximum atomic E-state index is 12.4. The van der Waals surface area contributed by atoms with Crippen LogP contribution < -0.4 is 15.8 Å². The summed E-state index contributed by atoms with van der Waals surface area (Å²) in [5.41, 5.74) is 5.75. The van der Waals surface area contributed by atoms with Crippen molar-refractivity contribution in [3.8, 4) is 5.75 Å². The third kappa shape index (κ3) is 5.98. The lowest BCUT2D eigenvalue weighted by molar-refractivity contribution is -0.274. The minimum atomic E-state index is -4.80. The fraction of sp³-hybridized carbons (Fsp3) is 0.400. The van der Waals surface area contributed by atoms with Crippen molar-refractivity contribution in [2.24, 2.45) is 10.7 Å². The molecule has 0 bridgehead atoms. The summed E-state index contributed by atoms with van der Waals surface area (Å²) in [6.45, 7) is 4.12. The van der Waals surface area contributed by atoms with Crippen LogP contribution in [0.4, 0.5) is 18.9 Å². The molecule has 1 aromatic carbocycles. The molecule has 0 aliphatic carbocycles. The second-order valence-corrected chi connectivity index (χ2v) is 5.39. The SMILES string of the molecule is CC(C)c1noc(CCN=C(N)Nc2ccccc2OC(F)(F)F)n1. The molecule has 136 valence electrons. The van der Waals surface area contributed by atoms with Gasteiger partial charge in [-0.1, -0.05) is 31.1 Å². The Balaban J connectivity index is 1.95. The van der Waals surface area contributed by atoms with Crippen molar-refractivity contribution in [3.05, 3.63) is 36.0 Å². The quantitative estimate of drug-likeness (QED) is 0.609. The number of nitrogens with one attached hydrogen (secondary N) is 1. The Morgan fingerprint density at radius 3 is 2.72 bits per heavy atom. The van der Waals surface area contributed by atoms with Crippen molar-refractivity contribution >= 4 is 11.6 Å². The summed E-state index contributed by atoms with van der Waals surface area (Å²) in [7, 11) is 0. The molecule has 2 aromatic rings. The summed E-state index contributed by atoms with van der Waals surface area (Å²) in [4.78, 5) is 8.22. The highest BCUT2D eigenvalue weighted by molar-refractivity contribution is 5.93. The van der Waals surface area contributed by atoms with E-state index in [9.17, 15) is 13.2 Å². The van der Waals surface area contributed by atoms with Crippen LogP contribution in [0.25, 0.3) is 0 Å². The molecule has 1 aromatic heterocycles. The van der Waals surface area contributed by atoms with Gasteiger partial charge in [0.05, 0.1) is 12.2 Å². The van der Waals surface area contributed by atoms with Crippen LogP contribution >= 0.6 is 0 Å². The Morgan fingerprint density at radius 1 is 1.36 bits per heavy atom. The Hall–Kier alpha value is -2.78. The number of alkyl halides is 3. The molecule has 25 heavy (non-hydrogen) atoms. The van der Waals surface area contributed by atoms with E-state index >= 15 is 0 Å². The molecular formula is C15H18F3N5O2. The summed E-state index contributed by atoms with van der Waals surface area (Å²) in [5.74, 6) is 0.718. The monoisotopic (exact) mass is 357 g/mol. The van der Waals surface area contributed by atoms with Crippen LogP contribution in [0.2, 0.25) is 0 Å². The van der Waals surface area contributed by atoms with Crippen molar-refractivity contribution in [3.63, 3.8) is 0 Å². The summed E-state index contributed by atoms with van der Waals surface area (Å²) in [6, 6.07) is 5.54. The third-order valence-corrected chi connectivity index (χ3v) is 2.98. The first-order valence-electron chi connectivity index (χ1n) is 7.49. The average molecular weight is 357 g/mol.